The molecule has 2 heteroatoms. The Hall–Kier alpha value is -2.09. The van der Waals surface area contributed by atoms with Crippen molar-refractivity contribution in [1.82, 2.24) is 4.98 Å². The van der Waals surface area contributed by atoms with Crippen LogP contribution in [-0.2, 0) is 6.42 Å². The van der Waals surface area contributed by atoms with Crippen molar-refractivity contribution >= 4 is 11.8 Å². The van der Waals surface area contributed by atoms with Crippen molar-refractivity contribution in [3.63, 3.8) is 0 Å². The van der Waals surface area contributed by atoms with E-state index in [0.29, 0.717) is 0 Å². The van der Waals surface area contributed by atoms with Gasteiger partial charge in [0.05, 0.1) is 0 Å². The molecule has 0 radical (unpaired) electrons. The van der Waals surface area contributed by atoms with Gasteiger partial charge in [0.25, 0.3) is 0 Å². The standard InChI is InChI=1S/C10H13N.C7H9N/c1-4-9-5-6-10(11-3)7-8(9)2;1-2-7-5-3-4-6-8-7/h4-7,11H,1H2,2-3H3;3-6H,2H2,1H3. The van der Waals surface area contributed by atoms with Gasteiger partial charge in [0.2, 0.25) is 0 Å². The third-order valence-corrected chi connectivity index (χ3v) is 2.87. The lowest BCUT2D eigenvalue weighted by Gasteiger charge is -2.03. The second-order valence-electron chi connectivity index (χ2n) is 4.20. The van der Waals surface area contributed by atoms with Crippen molar-refractivity contribution < 1.29 is 0 Å². The highest BCUT2D eigenvalue weighted by molar-refractivity contribution is 5.57. The van der Waals surface area contributed by atoms with Gasteiger partial charge in [0.1, 0.15) is 0 Å². The number of aromatic nitrogens is 1. The number of hydrogen-bond donors (Lipinski definition) is 1. The molecule has 2 rings (SSSR count). The molecule has 1 N–H and O–H groups in total. The van der Waals surface area contributed by atoms with Crippen LogP contribution in [0.3, 0.4) is 0 Å². The van der Waals surface area contributed by atoms with Gasteiger partial charge in [-0.2, -0.15) is 0 Å². The molecule has 0 aliphatic rings. The predicted molar refractivity (Wildman–Crippen MR) is 84.4 cm³/mol. The zero-order valence-electron chi connectivity index (χ0n) is 12.0. The van der Waals surface area contributed by atoms with Crippen LogP contribution in [0.25, 0.3) is 6.08 Å². The second kappa shape index (κ2) is 8.09. The van der Waals surface area contributed by atoms with Gasteiger partial charge in [0, 0.05) is 24.6 Å². The van der Waals surface area contributed by atoms with Crippen LogP contribution in [0, 0.1) is 6.92 Å². The zero-order valence-corrected chi connectivity index (χ0v) is 12.0. The van der Waals surface area contributed by atoms with Gasteiger partial charge in [-0.25, -0.2) is 0 Å². The van der Waals surface area contributed by atoms with Crippen molar-refractivity contribution in [2.75, 3.05) is 12.4 Å². The first-order valence-electron chi connectivity index (χ1n) is 6.52. The van der Waals surface area contributed by atoms with E-state index < -0.39 is 0 Å². The zero-order chi connectivity index (χ0) is 14.1. The molecular weight excluding hydrogens is 232 g/mol. The Bertz CT molecular complexity index is 504. The van der Waals surface area contributed by atoms with E-state index in [2.05, 4.69) is 42.9 Å². The highest BCUT2D eigenvalue weighted by atomic mass is 14.8. The highest BCUT2D eigenvalue weighted by Gasteiger charge is 1.93. The van der Waals surface area contributed by atoms with Crippen LogP contribution in [0.2, 0.25) is 0 Å². The Balaban J connectivity index is 0.000000200. The average Bonchev–Trinajstić information content (AvgIpc) is 2.48. The molecule has 1 aromatic carbocycles. The van der Waals surface area contributed by atoms with Gasteiger partial charge in [-0.1, -0.05) is 31.7 Å². The number of rotatable bonds is 3. The Morgan fingerprint density at radius 2 is 2.05 bits per heavy atom. The molecule has 1 heterocycles. The fourth-order valence-corrected chi connectivity index (χ4v) is 1.67. The number of pyridine rings is 1. The molecule has 0 fully saturated rings. The summed E-state index contributed by atoms with van der Waals surface area (Å²) in [4.78, 5) is 4.10. The van der Waals surface area contributed by atoms with Crippen LogP contribution in [-0.4, -0.2) is 12.0 Å². The van der Waals surface area contributed by atoms with E-state index in [-0.39, 0.29) is 0 Å². The maximum absolute atomic E-state index is 4.10. The van der Waals surface area contributed by atoms with Gasteiger partial charge in [-0.15, -0.1) is 0 Å². The van der Waals surface area contributed by atoms with Gasteiger partial charge in [-0.05, 0) is 48.7 Å². The molecule has 1 aromatic heterocycles. The molecule has 0 amide bonds. The summed E-state index contributed by atoms with van der Waals surface area (Å²) in [5.41, 5.74) is 4.76. The van der Waals surface area contributed by atoms with E-state index in [1.807, 2.05) is 43.6 Å². The Labute approximate surface area is 116 Å². The van der Waals surface area contributed by atoms with Crippen molar-refractivity contribution in [1.29, 1.82) is 0 Å². The smallest absolute Gasteiger partial charge is 0.0400 e. The summed E-state index contributed by atoms with van der Waals surface area (Å²) in [6.07, 6.45) is 4.72. The fraction of sp³-hybridized carbons (Fsp3) is 0.235. The normalized spacial score (nSPS) is 9.21. The first-order valence-corrected chi connectivity index (χ1v) is 6.52. The summed E-state index contributed by atoms with van der Waals surface area (Å²) >= 11 is 0. The highest BCUT2D eigenvalue weighted by Crippen LogP contribution is 2.14. The first-order chi connectivity index (χ1) is 9.21. The predicted octanol–water partition coefficient (Wildman–Crippen LogP) is 4.32. The summed E-state index contributed by atoms with van der Waals surface area (Å²) in [6, 6.07) is 12.2. The number of hydrogen-bond acceptors (Lipinski definition) is 2. The van der Waals surface area contributed by atoms with Gasteiger partial charge in [0.15, 0.2) is 0 Å². The number of nitrogens with zero attached hydrogens (tertiary/aromatic N) is 1. The van der Waals surface area contributed by atoms with Crippen LogP contribution in [0.4, 0.5) is 5.69 Å². The molecule has 0 spiro atoms. The lowest BCUT2D eigenvalue weighted by Crippen LogP contribution is -1.89. The monoisotopic (exact) mass is 254 g/mol. The van der Waals surface area contributed by atoms with Gasteiger partial charge < -0.3 is 5.32 Å². The molecule has 0 unspecified atom stereocenters. The summed E-state index contributed by atoms with van der Waals surface area (Å²) < 4.78 is 0. The first kappa shape index (κ1) is 15.0. The minimum absolute atomic E-state index is 1.03. The SMILES string of the molecule is C=Cc1ccc(NC)cc1C.CCc1ccccn1. The molecule has 0 aliphatic carbocycles. The molecule has 0 bridgehead atoms. The van der Waals surface area contributed by atoms with E-state index in [0.717, 1.165) is 17.8 Å². The van der Waals surface area contributed by atoms with E-state index in [4.69, 9.17) is 0 Å². The number of anilines is 1. The maximum atomic E-state index is 4.10. The van der Waals surface area contributed by atoms with Crippen molar-refractivity contribution in [3.8, 4) is 0 Å². The largest absolute Gasteiger partial charge is 0.388 e. The average molecular weight is 254 g/mol. The Morgan fingerprint density at radius 3 is 2.47 bits per heavy atom. The molecule has 0 saturated carbocycles. The van der Waals surface area contributed by atoms with Crippen LogP contribution < -0.4 is 5.32 Å². The van der Waals surface area contributed by atoms with Crippen LogP contribution in [0.5, 0.6) is 0 Å². The molecule has 2 nitrogen and oxygen atoms in total. The van der Waals surface area contributed by atoms with Gasteiger partial charge >= 0.3 is 0 Å². The third kappa shape index (κ3) is 4.96. The quantitative estimate of drug-likeness (QED) is 0.882. The lowest BCUT2D eigenvalue weighted by atomic mass is 10.1. The maximum Gasteiger partial charge on any atom is 0.0400 e. The van der Waals surface area contributed by atoms with E-state index in [1.54, 1.807) is 0 Å². The van der Waals surface area contributed by atoms with Crippen molar-refractivity contribution in [3.05, 3.63) is 66.0 Å². The van der Waals surface area contributed by atoms with Crippen LogP contribution in [0.1, 0.15) is 23.7 Å². The summed E-state index contributed by atoms with van der Waals surface area (Å²) in [5, 5.41) is 3.08. The topological polar surface area (TPSA) is 24.9 Å². The molecule has 2 aromatic rings. The molecule has 0 atom stereocenters. The van der Waals surface area contributed by atoms with E-state index in [9.17, 15) is 0 Å². The van der Waals surface area contributed by atoms with E-state index >= 15 is 0 Å². The second-order valence-corrected chi connectivity index (χ2v) is 4.20. The minimum Gasteiger partial charge on any atom is -0.388 e. The molecule has 100 valence electrons. The lowest BCUT2D eigenvalue weighted by molar-refractivity contribution is 1.04. The fourth-order valence-electron chi connectivity index (χ4n) is 1.67. The Morgan fingerprint density at radius 1 is 1.26 bits per heavy atom. The summed E-state index contributed by atoms with van der Waals surface area (Å²) in [6.45, 7) is 7.91. The summed E-state index contributed by atoms with van der Waals surface area (Å²) in [7, 11) is 1.92. The molecule has 0 saturated heterocycles. The molecule has 19 heavy (non-hydrogen) atoms. The van der Waals surface area contributed by atoms with E-state index in [1.165, 1.54) is 11.1 Å². The van der Waals surface area contributed by atoms with Crippen molar-refractivity contribution in [2.24, 2.45) is 0 Å². The number of benzene rings is 1. The summed E-state index contributed by atoms with van der Waals surface area (Å²) in [5.74, 6) is 0. The molecule has 0 aliphatic heterocycles. The Kier molecular flexibility index (Phi) is 6.37. The van der Waals surface area contributed by atoms with Crippen LogP contribution in [0.15, 0.2) is 49.2 Å². The van der Waals surface area contributed by atoms with Gasteiger partial charge in [-0.3, -0.25) is 4.98 Å². The van der Waals surface area contributed by atoms with Crippen molar-refractivity contribution in [2.45, 2.75) is 20.3 Å². The third-order valence-electron chi connectivity index (χ3n) is 2.87. The molecular formula is C17H22N2. The number of aryl methyl sites for hydroxylation is 2. The van der Waals surface area contributed by atoms with Crippen LogP contribution >= 0.6 is 0 Å². The number of nitrogens with one attached hydrogen (secondary N) is 1. The minimum atomic E-state index is 1.03.